The Morgan fingerprint density at radius 3 is 2.63 bits per heavy atom. The number of carbonyl (C=O) groups is 2. The first-order valence-electron chi connectivity index (χ1n) is 10.9. The van der Waals surface area contributed by atoms with Crippen molar-refractivity contribution in [2.45, 2.75) is 12.1 Å². The number of esters is 1. The second-order valence-corrected chi connectivity index (χ2v) is 8.18. The maximum absolute atomic E-state index is 13.7. The molecular weight excluding hydrogens is 455 g/mol. The van der Waals surface area contributed by atoms with Gasteiger partial charge in [0, 0.05) is 18.8 Å². The van der Waals surface area contributed by atoms with Crippen LogP contribution >= 0.6 is 0 Å². The van der Waals surface area contributed by atoms with E-state index in [9.17, 15) is 14.0 Å². The molecule has 0 saturated carbocycles. The molecule has 5 rings (SSSR count). The zero-order valence-corrected chi connectivity index (χ0v) is 19.2. The van der Waals surface area contributed by atoms with E-state index in [1.165, 1.54) is 29.7 Å². The highest BCUT2D eigenvalue weighted by atomic mass is 19.1. The van der Waals surface area contributed by atoms with Crippen LogP contribution in [-0.2, 0) is 21.6 Å². The number of hydrogen-bond acceptors (Lipinski definition) is 7. The van der Waals surface area contributed by atoms with Crippen LogP contribution in [0.4, 0.5) is 4.39 Å². The van der Waals surface area contributed by atoms with Gasteiger partial charge in [0.2, 0.25) is 6.79 Å². The number of guanidine groups is 1. The number of nitrogens with zero attached hydrogens (tertiary/aromatic N) is 3. The van der Waals surface area contributed by atoms with Gasteiger partial charge in [-0.05, 0) is 41.0 Å². The largest absolute Gasteiger partial charge is 0.464 e. The van der Waals surface area contributed by atoms with Crippen LogP contribution in [-0.4, -0.2) is 54.9 Å². The van der Waals surface area contributed by atoms with Crippen LogP contribution in [0.25, 0.3) is 11.1 Å². The Labute approximate surface area is 200 Å². The molecule has 10 heteroatoms. The maximum Gasteiger partial charge on any atom is 0.354 e. The van der Waals surface area contributed by atoms with E-state index in [4.69, 9.17) is 19.9 Å². The Morgan fingerprint density at radius 2 is 1.91 bits per heavy atom. The van der Waals surface area contributed by atoms with Crippen molar-refractivity contribution in [1.82, 2.24) is 9.47 Å². The molecular formula is C25H23FN4O5. The topological polar surface area (TPSA) is 108 Å². The molecule has 0 radical (unpaired) electrons. The molecule has 0 fully saturated rings. The lowest BCUT2D eigenvalue weighted by Gasteiger charge is -2.25. The Bertz CT molecular complexity index is 1370. The minimum Gasteiger partial charge on any atom is -0.464 e. The molecule has 0 aliphatic carbocycles. The van der Waals surface area contributed by atoms with Crippen LogP contribution < -0.4 is 15.2 Å². The number of benzene rings is 2. The molecule has 1 amide bonds. The highest BCUT2D eigenvalue weighted by Crippen LogP contribution is 2.42. The van der Waals surface area contributed by atoms with E-state index in [0.29, 0.717) is 22.6 Å². The number of nitrogens with two attached hydrogens (primary N) is 1. The molecule has 2 aliphatic rings. The highest BCUT2D eigenvalue weighted by Gasteiger charge is 2.50. The fraction of sp³-hybridized carbons (Fsp3) is 0.240. The van der Waals surface area contributed by atoms with Crippen molar-refractivity contribution in [3.8, 4) is 22.6 Å². The van der Waals surface area contributed by atoms with Crippen LogP contribution in [0.15, 0.2) is 59.7 Å². The number of aliphatic imine (C=N–C) groups is 1. The first-order valence-corrected chi connectivity index (χ1v) is 10.9. The third-order valence-electron chi connectivity index (χ3n) is 6.26. The van der Waals surface area contributed by atoms with E-state index in [1.54, 1.807) is 12.3 Å². The summed E-state index contributed by atoms with van der Waals surface area (Å²) in [5.74, 6) is 0.279. The number of methoxy groups -OCH3 is 1. The number of hydrogen-bond donors (Lipinski definition) is 1. The SMILES string of the molecule is COC(=O)c1cc(C2(c3cccc(-c4ccc5c(c4)OCO5)c3)N=C(N)N(C)C2=O)cn1CCF. The molecule has 0 bridgehead atoms. The molecule has 9 nitrogen and oxygen atoms in total. The molecule has 1 aromatic heterocycles. The second-order valence-electron chi connectivity index (χ2n) is 8.18. The molecule has 180 valence electrons. The number of halogens is 1. The summed E-state index contributed by atoms with van der Waals surface area (Å²) in [6.07, 6.45) is 1.55. The standard InChI is InChI=1S/C25H23FN4O5/c1-29-23(32)25(28-24(29)27,18-12-19(22(31)33-2)30(13-18)9-8-26)17-5-3-4-15(10-17)16-6-7-20-21(11-16)35-14-34-20/h3-7,10-13H,8-9,14H2,1-2H3,(H2,27,28). The summed E-state index contributed by atoms with van der Waals surface area (Å²) in [7, 11) is 2.77. The molecule has 2 aliphatic heterocycles. The van der Waals surface area contributed by atoms with E-state index in [0.717, 1.165) is 11.1 Å². The van der Waals surface area contributed by atoms with Crippen LogP contribution in [0.2, 0.25) is 0 Å². The monoisotopic (exact) mass is 478 g/mol. The zero-order valence-electron chi connectivity index (χ0n) is 19.2. The third kappa shape index (κ3) is 3.49. The van der Waals surface area contributed by atoms with E-state index in [2.05, 4.69) is 4.99 Å². The quantitative estimate of drug-likeness (QED) is 0.546. The lowest BCUT2D eigenvalue weighted by molar-refractivity contribution is -0.129. The predicted octanol–water partition coefficient (Wildman–Crippen LogP) is 2.67. The van der Waals surface area contributed by atoms with Gasteiger partial charge in [0.05, 0.1) is 13.7 Å². The van der Waals surface area contributed by atoms with Gasteiger partial charge in [-0.15, -0.1) is 0 Å². The van der Waals surface area contributed by atoms with E-state index < -0.39 is 24.1 Å². The van der Waals surface area contributed by atoms with Gasteiger partial charge in [-0.3, -0.25) is 9.69 Å². The van der Waals surface area contributed by atoms with Crippen LogP contribution in [0, 0.1) is 0 Å². The van der Waals surface area contributed by atoms with Crippen molar-refractivity contribution in [1.29, 1.82) is 0 Å². The van der Waals surface area contributed by atoms with Gasteiger partial charge in [-0.2, -0.15) is 0 Å². The van der Waals surface area contributed by atoms with Gasteiger partial charge < -0.3 is 24.5 Å². The number of likely N-dealkylation sites (N-methyl/N-ethyl adjacent to an activating group) is 1. The van der Waals surface area contributed by atoms with Gasteiger partial charge in [-0.25, -0.2) is 14.2 Å². The summed E-state index contributed by atoms with van der Waals surface area (Å²) >= 11 is 0. The predicted molar refractivity (Wildman–Crippen MR) is 125 cm³/mol. The Morgan fingerprint density at radius 1 is 1.14 bits per heavy atom. The minimum absolute atomic E-state index is 0.0290. The third-order valence-corrected chi connectivity index (χ3v) is 6.26. The molecule has 0 saturated heterocycles. The number of aromatic nitrogens is 1. The summed E-state index contributed by atoms with van der Waals surface area (Å²) in [5, 5.41) is 0. The highest BCUT2D eigenvalue weighted by molar-refractivity contribution is 6.09. The Balaban J connectivity index is 1.68. The summed E-state index contributed by atoms with van der Waals surface area (Å²) in [6.45, 7) is -0.625. The Hall–Kier alpha value is -4.34. The zero-order chi connectivity index (χ0) is 24.7. The summed E-state index contributed by atoms with van der Waals surface area (Å²) < 4.78 is 30.4. The number of carbonyl (C=O) groups excluding carboxylic acids is 2. The van der Waals surface area contributed by atoms with Crippen molar-refractivity contribution in [2.75, 3.05) is 27.6 Å². The fourth-order valence-corrected chi connectivity index (χ4v) is 4.44. The first kappa shape index (κ1) is 22.5. The lowest BCUT2D eigenvalue weighted by atomic mass is 9.83. The van der Waals surface area contributed by atoms with Gasteiger partial charge in [0.1, 0.15) is 12.4 Å². The summed E-state index contributed by atoms with van der Waals surface area (Å²) in [4.78, 5) is 31.9. The van der Waals surface area contributed by atoms with Crippen molar-refractivity contribution in [2.24, 2.45) is 10.7 Å². The summed E-state index contributed by atoms with van der Waals surface area (Å²) in [6, 6.07) is 14.4. The van der Waals surface area contributed by atoms with Crippen molar-refractivity contribution >= 4 is 17.8 Å². The molecule has 0 spiro atoms. The fourth-order valence-electron chi connectivity index (χ4n) is 4.44. The number of amides is 1. The van der Waals surface area contributed by atoms with Gasteiger partial charge >= 0.3 is 5.97 Å². The van der Waals surface area contributed by atoms with Crippen molar-refractivity contribution < 1.29 is 28.2 Å². The minimum atomic E-state index is -1.56. The van der Waals surface area contributed by atoms with Gasteiger partial charge in [-0.1, -0.05) is 24.3 Å². The Kier molecular flexibility index (Phi) is 5.43. The van der Waals surface area contributed by atoms with Crippen LogP contribution in [0.5, 0.6) is 11.5 Å². The van der Waals surface area contributed by atoms with Gasteiger partial charge in [0.15, 0.2) is 23.0 Å². The summed E-state index contributed by atoms with van der Waals surface area (Å²) in [5.41, 5.74) is 7.23. The average Bonchev–Trinajstić information content (AvgIpc) is 3.57. The van der Waals surface area contributed by atoms with E-state index >= 15 is 0 Å². The number of ether oxygens (including phenoxy) is 3. The van der Waals surface area contributed by atoms with E-state index in [-0.39, 0.29) is 25.0 Å². The molecule has 3 heterocycles. The number of aryl methyl sites for hydroxylation is 1. The first-order chi connectivity index (χ1) is 16.9. The molecule has 3 aromatic rings. The number of fused-ring (bicyclic) bond motifs is 1. The van der Waals surface area contributed by atoms with Crippen LogP contribution in [0.3, 0.4) is 0 Å². The normalized spacial score (nSPS) is 18.7. The maximum atomic E-state index is 13.7. The molecule has 35 heavy (non-hydrogen) atoms. The molecule has 2 aromatic carbocycles. The smallest absolute Gasteiger partial charge is 0.354 e. The van der Waals surface area contributed by atoms with Crippen LogP contribution in [0.1, 0.15) is 21.6 Å². The molecule has 1 atom stereocenters. The number of rotatable bonds is 6. The average molecular weight is 478 g/mol. The van der Waals surface area contributed by atoms with E-state index in [1.807, 2.05) is 36.4 Å². The van der Waals surface area contributed by atoms with Crippen molar-refractivity contribution in [3.05, 3.63) is 71.5 Å². The lowest BCUT2D eigenvalue weighted by Crippen LogP contribution is -2.41. The van der Waals surface area contributed by atoms with Crippen molar-refractivity contribution in [3.63, 3.8) is 0 Å². The second kappa shape index (κ2) is 8.46. The van der Waals surface area contributed by atoms with Gasteiger partial charge in [0.25, 0.3) is 5.91 Å². The molecule has 1 unspecified atom stereocenters. The molecule has 2 N–H and O–H groups in total. The number of alkyl halides is 1.